The molecule has 0 unspecified atom stereocenters. The van der Waals surface area contributed by atoms with Crippen LogP contribution in [0.5, 0.6) is 0 Å². The molecule has 0 atom stereocenters. The standard InChI is InChI=1S/C11H24N2/c1-9(2)7-13(10-5-6-10)8-11(3,4)12/h9-10H,5-8,12H2,1-4H3. The smallest absolute Gasteiger partial charge is 0.0226 e. The van der Waals surface area contributed by atoms with Crippen molar-refractivity contribution in [3.05, 3.63) is 0 Å². The summed E-state index contributed by atoms with van der Waals surface area (Å²) in [6.07, 6.45) is 2.76. The molecule has 0 heterocycles. The highest BCUT2D eigenvalue weighted by Crippen LogP contribution is 2.28. The van der Waals surface area contributed by atoms with Gasteiger partial charge in [-0.15, -0.1) is 0 Å². The fraction of sp³-hybridized carbons (Fsp3) is 1.00. The van der Waals surface area contributed by atoms with Crippen LogP contribution in [0, 0.1) is 5.92 Å². The van der Waals surface area contributed by atoms with Crippen molar-refractivity contribution in [2.75, 3.05) is 13.1 Å². The van der Waals surface area contributed by atoms with Gasteiger partial charge in [0.1, 0.15) is 0 Å². The molecule has 0 radical (unpaired) electrons. The molecule has 1 aliphatic rings. The number of nitrogens with two attached hydrogens (primary N) is 1. The maximum absolute atomic E-state index is 6.04. The van der Waals surface area contributed by atoms with E-state index in [0.29, 0.717) is 0 Å². The first-order valence-corrected chi connectivity index (χ1v) is 5.41. The Bertz CT molecular complexity index is 154. The SMILES string of the molecule is CC(C)CN(CC(C)(C)N)C1CC1. The van der Waals surface area contributed by atoms with Crippen molar-refractivity contribution in [3.8, 4) is 0 Å². The number of hydrogen-bond acceptors (Lipinski definition) is 2. The molecule has 0 aliphatic heterocycles. The van der Waals surface area contributed by atoms with Crippen LogP contribution in [0.3, 0.4) is 0 Å². The van der Waals surface area contributed by atoms with Gasteiger partial charge < -0.3 is 5.73 Å². The van der Waals surface area contributed by atoms with E-state index in [1.807, 2.05) is 0 Å². The zero-order valence-corrected chi connectivity index (χ0v) is 9.51. The van der Waals surface area contributed by atoms with Crippen LogP contribution in [0.15, 0.2) is 0 Å². The summed E-state index contributed by atoms with van der Waals surface area (Å²) in [6.45, 7) is 11.0. The monoisotopic (exact) mass is 184 g/mol. The first kappa shape index (κ1) is 11.0. The van der Waals surface area contributed by atoms with E-state index in [4.69, 9.17) is 5.73 Å². The largest absolute Gasteiger partial charge is 0.324 e. The number of rotatable bonds is 5. The molecule has 0 aromatic carbocycles. The van der Waals surface area contributed by atoms with E-state index < -0.39 is 0 Å². The fourth-order valence-electron chi connectivity index (χ4n) is 1.77. The quantitative estimate of drug-likeness (QED) is 0.706. The minimum Gasteiger partial charge on any atom is -0.324 e. The summed E-state index contributed by atoms with van der Waals surface area (Å²) in [5.74, 6) is 0.753. The molecule has 1 fully saturated rings. The van der Waals surface area contributed by atoms with E-state index >= 15 is 0 Å². The topological polar surface area (TPSA) is 29.3 Å². The zero-order valence-electron chi connectivity index (χ0n) is 9.51. The summed E-state index contributed by atoms with van der Waals surface area (Å²) in [5, 5.41) is 0. The van der Waals surface area contributed by atoms with Gasteiger partial charge in [-0.25, -0.2) is 0 Å². The normalized spacial score (nSPS) is 18.7. The Morgan fingerprint density at radius 3 is 2.23 bits per heavy atom. The van der Waals surface area contributed by atoms with Crippen molar-refractivity contribution in [1.29, 1.82) is 0 Å². The molecular formula is C11H24N2. The Morgan fingerprint density at radius 2 is 1.92 bits per heavy atom. The zero-order chi connectivity index (χ0) is 10.1. The molecular weight excluding hydrogens is 160 g/mol. The Kier molecular flexibility index (Phi) is 3.36. The highest BCUT2D eigenvalue weighted by atomic mass is 15.2. The van der Waals surface area contributed by atoms with Crippen molar-refractivity contribution in [3.63, 3.8) is 0 Å². The molecule has 1 rings (SSSR count). The van der Waals surface area contributed by atoms with Gasteiger partial charge in [0.2, 0.25) is 0 Å². The second kappa shape index (κ2) is 3.97. The molecule has 13 heavy (non-hydrogen) atoms. The third-order valence-electron chi connectivity index (χ3n) is 2.27. The Balaban J connectivity index is 2.38. The van der Waals surface area contributed by atoms with Gasteiger partial charge in [0.25, 0.3) is 0 Å². The van der Waals surface area contributed by atoms with E-state index in [0.717, 1.165) is 18.5 Å². The molecule has 78 valence electrons. The maximum atomic E-state index is 6.04. The molecule has 2 nitrogen and oxygen atoms in total. The van der Waals surface area contributed by atoms with Crippen molar-refractivity contribution in [1.82, 2.24) is 4.90 Å². The molecule has 0 aromatic heterocycles. The lowest BCUT2D eigenvalue weighted by molar-refractivity contribution is 0.195. The molecule has 1 saturated carbocycles. The van der Waals surface area contributed by atoms with Crippen molar-refractivity contribution in [2.24, 2.45) is 11.7 Å². The lowest BCUT2D eigenvalue weighted by Gasteiger charge is -2.31. The van der Waals surface area contributed by atoms with Crippen LogP contribution < -0.4 is 5.73 Å². The minimum atomic E-state index is -0.0442. The average molecular weight is 184 g/mol. The molecule has 0 spiro atoms. The van der Waals surface area contributed by atoms with Crippen LogP contribution in [0.1, 0.15) is 40.5 Å². The van der Waals surface area contributed by atoms with Crippen molar-refractivity contribution >= 4 is 0 Å². The predicted molar refractivity (Wildman–Crippen MR) is 57.7 cm³/mol. The summed E-state index contributed by atoms with van der Waals surface area (Å²) < 4.78 is 0. The molecule has 0 bridgehead atoms. The summed E-state index contributed by atoms with van der Waals surface area (Å²) in [6, 6.07) is 0.838. The average Bonchev–Trinajstić information content (AvgIpc) is 2.60. The second-order valence-corrected chi connectivity index (χ2v) is 5.54. The van der Waals surface area contributed by atoms with E-state index in [1.54, 1.807) is 0 Å². The van der Waals surface area contributed by atoms with Crippen LogP contribution in [-0.2, 0) is 0 Å². The highest BCUT2D eigenvalue weighted by molar-refractivity contribution is 4.89. The molecule has 1 aliphatic carbocycles. The summed E-state index contributed by atoms with van der Waals surface area (Å²) in [4.78, 5) is 2.56. The number of nitrogens with zero attached hydrogens (tertiary/aromatic N) is 1. The Labute approximate surface area is 82.5 Å². The minimum absolute atomic E-state index is 0.0442. The van der Waals surface area contributed by atoms with Gasteiger partial charge in [-0.2, -0.15) is 0 Å². The first-order chi connectivity index (χ1) is 5.88. The van der Waals surface area contributed by atoms with Crippen LogP contribution in [0.2, 0.25) is 0 Å². The second-order valence-electron chi connectivity index (χ2n) is 5.54. The van der Waals surface area contributed by atoms with Crippen LogP contribution in [0.25, 0.3) is 0 Å². The van der Waals surface area contributed by atoms with Crippen molar-refractivity contribution in [2.45, 2.75) is 52.1 Å². The molecule has 0 saturated heterocycles. The third-order valence-corrected chi connectivity index (χ3v) is 2.27. The molecule has 0 amide bonds. The lowest BCUT2D eigenvalue weighted by Crippen LogP contribution is -2.47. The van der Waals surface area contributed by atoms with E-state index in [9.17, 15) is 0 Å². The third kappa shape index (κ3) is 4.63. The number of hydrogen-bond donors (Lipinski definition) is 1. The van der Waals surface area contributed by atoms with Gasteiger partial charge in [-0.05, 0) is 32.6 Å². The van der Waals surface area contributed by atoms with Gasteiger partial charge in [0, 0.05) is 24.7 Å². The predicted octanol–water partition coefficient (Wildman–Crippen LogP) is 1.84. The molecule has 2 N–H and O–H groups in total. The van der Waals surface area contributed by atoms with E-state index in [1.165, 1.54) is 19.4 Å². The summed E-state index contributed by atoms with van der Waals surface area (Å²) in [7, 11) is 0. The van der Waals surface area contributed by atoms with Gasteiger partial charge in [0.15, 0.2) is 0 Å². The van der Waals surface area contributed by atoms with Crippen LogP contribution in [0.4, 0.5) is 0 Å². The van der Waals surface area contributed by atoms with Crippen molar-refractivity contribution < 1.29 is 0 Å². The summed E-state index contributed by atoms with van der Waals surface area (Å²) >= 11 is 0. The van der Waals surface area contributed by atoms with Crippen LogP contribution >= 0.6 is 0 Å². The highest BCUT2D eigenvalue weighted by Gasteiger charge is 2.31. The molecule has 0 aromatic rings. The Hall–Kier alpha value is -0.0800. The maximum Gasteiger partial charge on any atom is 0.0226 e. The van der Waals surface area contributed by atoms with Gasteiger partial charge in [0.05, 0.1) is 0 Å². The lowest BCUT2D eigenvalue weighted by atomic mass is 10.1. The molecule has 2 heteroatoms. The fourth-order valence-corrected chi connectivity index (χ4v) is 1.77. The summed E-state index contributed by atoms with van der Waals surface area (Å²) in [5.41, 5.74) is 5.99. The van der Waals surface area contributed by atoms with E-state index in [-0.39, 0.29) is 5.54 Å². The van der Waals surface area contributed by atoms with Gasteiger partial charge in [-0.3, -0.25) is 4.90 Å². The Morgan fingerprint density at radius 1 is 1.38 bits per heavy atom. The van der Waals surface area contributed by atoms with Crippen LogP contribution in [-0.4, -0.2) is 29.6 Å². The first-order valence-electron chi connectivity index (χ1n) is 5.41. The van der Waals surface area contributed by atoms with Gasteiger partial charge in [-0.1, -0.05) is 13.8 Å². The van der Waals surface area contributed by atoms with Gasteiger partial charge >= 0.3 is 0 Å². The van der Waals surface area contributed by atoms with E-state index in [2.05, 4.69) is 32.6 Å².